The average molecular weight is 406 g/mol. The number of methoxy groups -OCH3 is 1. The smallest absolute Gasteiger partial charge is 0.189 e. The Morgan fingerprint density at radius 1 is 1.03 bits per heavy atom. The minimum Gasteiger partial charge on any atom is -0.497 e. The van der Waals surface area contributed by atoms with Crippen molar-refractivity contribution in [3.63, 3.8) is 0 Å². The van der Waals surface area contributed by atoms with Crippen LogP contribution in [0.3, 0.4) is 0 Å². The number of piperazine rings is 1. The van der Waals surface area contributed by atoms with Crippen LogP contribution in [0.25, 0.3) is 6.08 Å². The predicted octanol–water partition coefficient (Wildman–Crippen LogP) is 3.20. The van der Waals surface area contributed by atoms with Gasteiger partial charge in [0.15, 0.2) is 5.78 Å². The van der Waals surface area contributed by atoms with Crippen LogP contribution in [0, 0.1) is 0 Å². The molecule has 2 aliphatic rings. The van der Waals surface area contributed by atoms with Crippen LogP contribution in [-0.4, -0.2) is 76.1 Å². The number of carbonyl (C=O) groups is 1. The lowest BCUT2D eigenvalue weighted by molar-refractivity contribution is 0.104. The summed E-state index contributed by atoms with van der Waals surface area (Å²) in [6.45, 7) is 6.58. The van der Waals surface area contributed by atoms with Crippen LogP contribution in [0.15, 0.2) is 48.0 Å². The highest BCUT2D eigenvalue weighted by atomic mass is 16.5. The second-order valence-corrected chi connectivity index (χ2v) is 8.42. The summed E-state index contributed by atoms with van der Waals surface area (Å²) < 4.78 is 5.26. The number of rotatable bonds is 6. The Morgan fingerprint density at radius 3 is 2.43 bits per heavy atom. The number of carbonyl (C=O) groups excluding carboxylic acids is 1. The first-order valence-corrected chi connectivity index (χ1v) is 10.7. The molecule has 0 N–H and O–H groups in total. The third-order valence-corrected chi connectivity index (χ3v) is 6.07. The predicted molar refractivity (Wildman–Crippen MR) is 123 cm³/mol. The molecule has 2 aromatic rings. The molecule has 1 fully saturated rings. The molecule has 0 amide bonds. The van der Waals surface area contributed by atoms with Crippen molar-refractivity contribution in [1.82, 2.24) is 9.80 Å². The number of hydrogen-bond donors (Lipinski definition) is 0. The zero-order valence-corrected chi connectivity index (χ0v) is 18.2. The van der Waals surface area contributed by atoms with E-state index in [1.165, 1.54) is 5.69 Å². The van der Waals surface area contributed by atoms with Crippen molar-refractivity contribution < 1.29 is 9.53 Å². The monoisotopic (exact) mass is 405 g/mol. The fourth-order valence-corrected chi connectivity index (χ4v) is 4.18. The Hall–Kier alpha value is -2.63. The molecule has 0 atom stereocenters. The van der Waals surface area contributed by atoms with Crippen LogP contribution in [0.4, 0.5) is 5.69 Å². The molecule has 1 saturated heterocycles. The molecule has 0 bridgehead atoms. The summed E-state index contributed by atoms with van der Waals surface area (Å²) in [7, 11) is 5.88. The summed E-state index contributed by atoms with van der Waals surface area (Å²) >= 11 is 0. The van der Waals surface area contributed by atoms with Crippen LogP contribution in [0.5, 0.6) is 5.75 Å². The largest absolute Gasteiger partial charge is 0.497 e. The molecule has 0 aromatic heterocycles. The summed E-state index contributed by atoms with van der Waals surface area (Å²) in [6.07, 6.45) is 2.71. The Morgan fingerprint density at radius 2 is 1.77 bits per heavy atom. The number of hydrogen-bond acceptors (Lipinski definition) is 5. The summed E-state index contributed by atoms with van der Waals surface area (Å²) in [5.41, 5.74) is 5.03. The number of anilines is 1. The third kappa shape index (κ3) is 4.58. The minimum absolute atomic E-state index is 0.113. The lowest BCUT2D eigenvalue weighted by Gasteiger charge is -2.36. The molecule has 1 aliphatic carbocycles. The van der Waals surface area contributed by atoms with E-state index in [-0.39, 0.29) is 5.78 Å². The highest BCUT2D eigenvalue weighted by molar-refractivity contribution is 6.15. The van der Waals surface area contributed by atoms with Crippen LogP contribution < -0.4 is 9.64 Å². The van der Waals surface area contributed by atoms with Crippen molar-refractivity contribution in [3.8, 4) is 5.75 Å². The third-order valence-electron chi connectivity index (χ3n) is 6.07. The summed E-state index contributed by atoms with van der Waals surface area (Å²) in [6, 6.07) is 14.4. The molecule has 1 aliphatic heterocycles. The molecular formula is C25H31N3O2. The lowest BCUT2D eigenvalue weighted by atomic mass is 10.1. The second-order valence-electron chi connectivity index (χ2n) is 8.42. The minimum atomic E-state index is 0.113. The van der Waals surface area contributed by atoms with Gasteiger partial charge in [0.05, 0.1) is 7.11 Å². The van der Waals surface area contributed by atoms with E-state index in [0.717, 1.165) is 67.3 Å². The first kappa shape index (κ1) is 20.6. The van der Waals surface area contributed by atoms with Gasteiger partial charge in [-0.3, -0.25) is 9.69 Å². The van der Waals surface area contributed by atoms with Gasteiger partial charge in [0.1, 0.15) is 5.75 Å². The maximum atomic E-state index is 12.8. The number of nitrogens with zero attached hydrogens (tertiary/aromatic N) is 3. The molecule has 0 unspecified atom stereocenters. The maximum Gasteiger partial charge on any atom is 0.189 e. The van der Waals surface area contributed by atoms with Gasteiger partial charge in [-0.2, -0.15) is 0 Å². The van der Waals surface area contributed by atoms with Gasteiger partial charge < -0.3 is 14.5 Å². The van der Waals surface area contributed by atoms with Gasteiger partial charge >= 0.3 is 0 Å². The summed E-state index contributed by atoms with van der Waals surface area (Å²) in [4.78, 5) is 20.0. The number of Topliss-reactive ketones (excluding diaryl/α,β-unsaturated/α-hetero) is 1. The van der Waals surface area contributed by atoms with E-state index in [1.54, 1.807) is 7.11 Å². The SMILES string of the molecule is COc1ccc2c(c1)C(=O)/C(=C\c1ccc(N3CCN(CCN(C)C)CC3)cc1)C2. The lowest BCUT2D eigenvalue weighted by Crippen LogP contribution is -2.48. The standard InChI is InChI=1S/C25H31N3O2/c1-26(2)10-11-27-12-14-28(15-13-27)22-7-4-19(5-8-22)16-21-17-20-6-9-23(30-3)18-24(20)25(21)29/h4-9,16,18H,10-15,17H2,1-3H3/b21-16-. The van der Waals surface area contributed by atoms with Crippen molar-refractivity contribution in [2.45, 2.75) is 6.42 Å². The van der Waals surface area contributed by atoms with Crippen molar-refractivity contribution in [2.24, 2.45) is 0 Å². The van der Waals surface area contributed by atoms with E-state index in [0.29, 0.717) is 6.42 Å². The van der Waals surface area contributed by atoms with Gasteiger partial charge in [0.25, 0.3) is 0 Å². The fraction of sp³-hybridized carbons (Fsp3) is 0.400. The van der Waals surface area contributed by atoms with Crippen molar-refractivity contribution in [1.29, 1.82) is 0 Å². The number of ether oxygens (including phenoxy) is 1. The highest BCUT2D eigenvalue weighted by Crippen LogP contribution is 2.31. The van der Waals surface area contributed by atoms with E-state index < -0.39 is 0 Å². The Kier molecular flexibility index (Phi) is 6.21. The molecular weight excluding hydrogens is 374 g/mol. The number of ketones is 1. The first-order chi connectivity index (χ1) is 14.5. The molecule has 4 rings (SSSR count). The molecule has 0 spiro atoms. The number of allylic oxidation sites excluding steroid dienone is 1. The van der Waals surface area contributed by atoms with Gasteiger partial charge in [-0.25, -0.2) is 0 Å². The van der Waals surface area contributed by atoms with Gasteiger partial charge in [-0.1, -0.05) is 18.2 Å². The zero-order valence-electron chi connectivity index (χ0n) is 18.2. The molecule has 5 heteroatoms. The summed E-state index contributed by atoms with van der Waals surface area (Å²) in [5, 5.41) is 0. The van der Waals surface area contributed by atoms with E-state index in [2.05, 4.69) is 53.1 Å². The van der Waals surface area contributed by atoms with E-state index >= 15 is 0 Å². The van der Waals surface area contributed by atoms with Crippen molar-refractivity contribution in [2.75, 3.05) is 65.4 Å². The van der Waals surface area contributed by atoms with E-state index in [9.17, 15) is 4.79 Å². The first-order valence-electron chi connectivity index (χ1n) is 10.7. The van der Waals surface area contributed by atoms with Crippen LogP contribution in [0.2, 0.25) is 0 Å². The normalized spacial score (nSPS) is 18.3. The molecule has 1 heterocycles. The van der Waals surface area contributed by atoms with E-state index in [4.69, 9.17) is 4.74 Å². The van der Waals surface area contributed by atoms with Crippen molar-refractivity contribution >= 4 is 17.5 Å². The van der Waals surface area contributed by atoms with Crippen LogP contribution in [-0.2, 0) is 6.42 Å². The quantitative estimate of drug-likeness (QED) is 0.690. The average Bonchev–Trinajstić information content (AvgIpc) is 3.08. The molecule has 158 valence electrons. The Bertz CT molecular complexity index is 926. The number of benzene rings is 2. The van der Waals surface area contributed by atoms with Crippen LogP contribution >= 0.6 is 0 Å². The number of fused-ring (bicyclic) bond motifs is 1. The molecule has 2 aromatic carbocycles. The Labute approximate surface area is 179 Å². The fourth-order valence-electron chi connectivity index (χ4n) is 4.18. The number of likely N-dealkylation sites (N-methyl/N-ethyl adjacent to an activating group) is 1. The van der Waals surface area contributed by atoms with Gasteiger partial charge in [0, 0.05) is 62.5 Å². The summed E-state index contributed by atoms with van der Waals surface area (Å²) in [5.74, 6) is 0.844. The molecule has 0 saturated carbocycles. The highest BCUT2D eigenvalue weighted by Gasteiger charge is 2.25. The van der Waals surface area contributed by atoms with Crippen molar-refractivity contribution in [3.05, 3.63) is 64.7 Å². The molecule has 5 nitrogen and oxygen atoms in total. The molecule has 30 heavy (non-hydrogen) atoms. The molecule has 0 radical (unpaired) electrons. The maximum absolute atomic E-state index is 12.8. The second kappa shape index (κ2) is 9.02. The van der Waals surface area contributed by atoms with Crippen LogP contribution in [0.1, 0.15) is 21.5 Å². The van der Waals surface area contributed by atoms with Gasteiger partial charge in [-0.05, 0) is 55.6 Å². The zero-order chi connectivity index (χ0) is 21.1. The van der Waals surface area contributed by atoms with Gasteiger partial charge in [-0.15, -0.1) is 0 Å². The van der Waals surface area contributed by atoms with Gasteiger partial charge in [0.2, 0.25) is 0 Å². The van der Waals surface area contributed by atoms with E-state index in [1.807, 2.05) is 24.3 Å². The Balaban J connectivity index is 1.38. The topological polar surface area (TPSA) is 36.0 Å².